The van der Waals surface area contributed by atoms with Gasteiger partial charge in [0.2, 0.25) is 5.95 Å². The van der Waals surface area contributed by atoms with Crippen LogP contribution in [0.4, 0.5) is 21.8 Å². The molecule has 2 aromatic rings. The quantitative estimate of drug-likeness (QED) is 0.864. The van der Waals surface area contributed by atoms with Crippen molar-refractivity contribution in [2.24, 2.45) is 7.05 Å². The summed E-state index contributed by atoms with van der Waals surface area (Å²) < 4.78 is 15.3. The summed E-state index contributed by atoms with van der Waals surface area (Å²) in [6.07, 6.45) is 3.68. The highest BCUT2D eigenvalue weighted by molar-refractivity contribution is 5.59. The molecule has 2 aromatic heterocycles. The molecule has 0 fully saturated rings. The van der Waals surface area contributed by atoms with E-state index in [0.717, 1.165) is 24.0 Å². The molecule has 96 valence electrons. The standard InChI is InChI=1S/C11H15FN6/c1-4-8-9(6-18(3)17-8)15-10-7(12)5-14-11(13-2)16-10/h5-6H,4H2,1-3H3,(H2,13,14,15,16). The number of nitrogens with one attached hydrogen (secondary N) is 2. The Morgan fingerprint density at radius 1 is 1.44 bits per heavy atom. The summed E-state index contributed by atoms with van der Waals surface area (Å²) >= 11 is 0. The molecule has 0 bridgehead atoms. The zero-order valence-corrected chi connectivity index (χ0v) is 10.5. The first kappa shape index (κ1) is 12.3. The third kappa shape index (κ3) is 2.39. The van der Waals surface area contributed by atoms with Gasteiger partial charge >= 0.3 is 0 Å². The molecule has 0 aromatic carbocycles. The Hall–Kier alpha value is -2.18. The number of hydrogen-bond acceptors (Lipinski definition) is 5. The van der Waals surface area contributed by atoms with Gasteiger partial charge in [-0.2, -0.15) is 10.1 Å². The minimum absolute atomic E-state index is 0.136. The predicted octanol–water partition coefficient (Wildman–Crippen LogP) is 1.70. The van der Waals surface area contributed by atoms with Gasteiger partial charge in [-0.1, -0.05) is 6.92 Å². The first-order chi connectivity index (χ1) is 8.63. The third-order valence-electron chi connectivity index (χ3n) is 2.46. The van der Waals surface area contributed by atoms with Crippen LogP contribution in [0.25, 0.3) is 0 Å². The van der Waals surface area contributed by atoms with Crippen molar-refractivity contribution in [2.45, 2.75) is 13.3 Å². The molecule has 18 heavy (non-hydrogen) atoms. The van der Waals surface area contributed by atoms with Gasteiger partial charge in [-0.05, 0) is 6.42 Å². The second-order valence-corrected chi connectivity index (χ2v) is 3.78. The molecule has 6 nitrogen and oxygen atoms in total. The summed E-state index contributed by atoms with van der Waals surface area (Å²) in [6.45, 7) is 1.99. The van der Waals surface area contributed by atoms with Crippen molar-refractivity contribution in [3.05, 3.63) is 23.9 Å². The maximum absolute atomic E-state index is 13.6. The number of halogens is 1. The molecule has 0 saturated heterocycles. The number of rotatable bonds is 4. The Kier molecular flexibility index (Phi) is 3.40. The molecule has 0 atom stereocenters. The molecule has 0 amide bonds. The highest BCUT2D eigenvalue weighted by atomic mass is 19.1. The zero-order chi connectivity index (χ0) is 13.1. The van der Waals surface area contributed by atoms with Crippen molar-refractivity contribution < 1.29 is 4.39 Å². The Balaban J connectivity index is 2.32. The monoisotopic (exact) mass is 250 g/mol. The molecule has 2 N–H and O–H groups in total. The van der Waals surface area contributed by atoms with Gasteiger partial charge < -0.3 is 10.6 Å². The highest BCUT2D eigenvalue weighted by Gasteiger charge is 2.11. The topological polar surface area (TPSA) is 67.7 Å². The van der Waals surface area contributed by atoms with E-state index in [9.17, 15) is 4.39 Å². The molecular weight excluding hydrogens is 235 g/mol. The number of hydrogen-bond donors (Lipinski definition) is 2. The molecule has 0 aliphatic rings. The molecular formula is C11H15FN6. The Labute approximate surface area is 104 Å². The van der Waals surface area contributed by atoms with E-state index in [0.29, 0.717) is 5.95 Å². The fourth-order valence-electron chi connectivity index (χ4n) is 1.60. The van der Waals surface area contributed by atoms with E-state index in [4.69, 9.17) is 0 Å². The molecule has 0 radical (unpaired) electrons. The van der Waals surface area contributed by atoms with Gasteiger partial charge in [0.05, 0.1) is 17.6 Å². The summed E-state index contributed by atoms with van der Waals surface area (Å²) in [6, 6.07) is 0. The van der Waals surface area contributed by atoms with E-state index in [1.807, 2.05) is 14.0 Å². The second kappa shape index (κ2) is 4.99. The van der Waals surface area contributed by atoms with Crippen molar-refractivity contribution in [1.29, 1.82) is 0 Å². The van der Waals surface area contributed by atoms with E-state index >= 15 is 0 Å². The lowest BCUT2D eigenvalue weighted by Gasteiger charge is -2.07. The number of anilines is 3. The predicted molar refractivity (Wildman–Crippen MR) is 67.4 cm³/mol. The molecule has 0 spiro atoms. The van der Waals surface area contributed by atoms with Crippen LogP contribution < -0.4 is 10.6 Å². The molecule has 0 unspecified atom stereocenters. The van der Waals surface area contributed by atoms with E-state index in [2.05, 4.69) is 25.7 Å². The highest BCUT2D eigenvalue weighted by Crippen LogP contribution is 2.21. The Morgan fingerprint density at radius 3 is 2.89 bits per heavy atom. The van der Waals surface area contributed by atoms with Gasteiger partial charge in [0.1, 0.15) is 0 Å². The summed E-state index contributed by atoms with van der Waals surface area (Å²) in [7, 11) is 3.50. The molecule has 2 heterocycles. The van der Waals surface area contributed by atoms with E-state index in [1.165, 1.54) is 0 Å². The van der Waals surface area contributed by atoms with Crippen molar-refractivity contribution in [1.82, 2.24) is 19.7 Å². The Morgan fingerprint density at radius 2 is 2.22 bits per heavy atom. The van der Waals surface area contributed by atoms with Crippen molar-refractivity contribution in [3.8, 4) is 0 Å². The van der Waals surface area contributed by atoms with Crippen LogP contribution in [0.5, 0.6) is 0 Å². The minimum Gasteiger partial charge on any atom is -0.357 e. The van der Waals surface area contributed by atoms with Gasteiger partial charge in [-0.3, -0.25) is 4.68 Å². The average molecular weight is 250 g/mol. The van der Waals surface area contributed by atoms with Gasteiger partial charge in [-0.25, -0.2) is 9.37 Å². The lowest BCUT2D eigenvalue weighted by molar-refractivity contribution is 0.619. The van der Waals surface area contributed by atoms with Crippen LogP contribution >= 0.6 is 0 Å². The molecule has 2 rings (SSSR count). The van der Waals surface area contributed by atoms with E-state index in [1.54, 1.807) is 17.9 Å². The van der Waals surface area contributed by atoms with Crippen LogP contribution in [-0.4, -0.2) is 26.8 Å². The van der Waals surface area contributed by atoms with Gasteiger partial charge in [0.25, 0.3) is 0 Å². The summed E-state index contributed by atoms with van der Waals surface area (Å²) in [5.41, 5.74) is 1.61. The van der Waals surface area contributed by atoms with Gasteiger partial charge in [-0.15, -0.1) is 0 Å². The fourth-order valence-corrected chi connectivity index (χ4v) is 1.60. The van der Waals surface area contributed by atoms with Crippen molar-refractivity contribution in [2.75, 3.05) is 17.7 Å². The van der Waals surface area contributed by atoms with Crippen LogP contribution in [0.15, 0.2) is 12.4 Å². The second-order valence-electron chi connectivity index (χ2n) is 3.78. The number of aryl methyl sites for hydroxylation is 2. The van der Waals surface area contributed by atoms with Gasteiger partial charge in [0.15, 0.2) is 11.6 Å². The minimum atomic E-state index is -0.500. The third-order valence-corrected chi connectivity index (χ3v) is 2.46. The van der Waals surface area contributed by atoms with Crippen molar-refractivity contribution in [3.63, 3.8) is 0 Å². The smallest absolute Gasteiger partial charge is 0.224 e. The lowest BCUT2D eigenvalue weighted by Crippen LogP contribution is -2.03. The average Bonchev–Trinajstić information content (AvgIpc) is 2.72. The maximum atomic E-state index is 13.6. The maximum Gasteiger partial charge on any atom is 0.224 e. The fraction of sp³-hybridized carbons (Fsp3) is 0.364. The molecule has 0 aliphatic heterocycles. The van der Waals surface area contributed by atoms with E-state index in [-0.39, 0.29) is 5.82 Å². The largest absolute Gasteiger partial charge is 0.357 e. The molecule has 0 aliphatic carbocycles. The summed E-state index contributed by atoms with van der Waals surface area (Å²) in [4.78, 5) is 7.81. The van der Waals surface area contributed by atoms with E-state index < -0.39 is 5.82 Å². The summed E-state index contributed by atoms with van der Waals surface area (Å²) in [5.74, 6) is -0.00204. The number of nitrogens with zero attached hydrogens (tertiary/aromatic N) is 4. The van der Waals surface area contributed by atoms with Crippen LogP contribution in [-0.2, 0) is 13.5 Å². The van der Waals surface area contributed by atoms with Gasteiger partial charge in [0, 0.05) is 20.3 Å². The SMILES string of the molecule is CCc1nn(C)cc1Nc1nc(NC)ncc1F. The first-order valence-corrected chi connectivity index (χ1v) is 5.64. The van der Waals surface area contributed by atoms with Crippen molar-refractivity contribution >= 4 is 17.5 Å². The Bertz CT molecular complexity index is 550. The van der Waals surface area contributed by atoms with Crippen LogP contribution in [0, 0.1) is 5.82 Å². The first-order valence-electron chi connectivity index (χ1n) is 5.64. The van der Waals surface area contributed by atoms with Crippen LogP contribution in [0.2, 0.25) is 0 Å². The lowest BCUT2D eigenvalue weighted by atomic mass is 10.3. The molecule has 0 saturated carbocycles. The molecule has 7 heteroatoms. The van der Waals surface area contributed by atoms with Crippen LogP contribution in [0.1, 0.15) is 12.6 Å². The normalized spacial score (nSPS) is 10.4. The van der Waals surface area contributed by atoms with Crippen LogP contribution in [0.3, 0.4) is 0 Å². The summed E-state index contributed by atoms with van der Waals surface area (Å²) in [5, 5.41) is 9.97. The number of aromatic nitrogens is 4. The zero-order valence-electron chi connectivity index (χ0n) is 10.5.